The summed E-state index contributed by atoms with van der Waals surface area (Å²) in [5.74, 6) is 1.01. The summed E-state index contributed by atoms with van der Waals surface area (Å²) >= 11 is 3.79. The Morgan fingerprint density at radius 3 is 2.71 bits per heavy atom. The maximum absolute atomic E-state index is 5.61. The number of unbranched alkanes of at least 4 members (excludes halogenated alkanes) is 1. The first-order valence-corrected chi connectivity index (χ1v) is 7.03. The van der Waals surface area contributed by atoms with Crippen molar-refractivity contribution < 1.29 is 4.74 Å². The molecule has 2 rings (SSSR count). The molecule has 2 atom stereocenters. The van der Waals surface area contributed by atoms with Crippen LogP contribution in [0.15, 0.2) is 0 Å². The van der Waals surface area contributed by atoms with Crippen LogP contribution < -0.4 is 0 Å². The summed E-state index contributed by atoms with van der Waals surface area (Å²) in [6.07, 6.45) is 11.5. The quantitative estimate of drug-likeness (QED) is 0.520. The van der Waals surface area contributed by atoms with E-state index in [4.69, 9.17) is 4.74 Å². The van der Waals surface area contributed by atoms with E-state index in [1.807, 2.05) is 0 Å². The molecule has 1 nitrogen and oxygen atoms in total. The molecule has 1 saturated heterocycles. The molecule has 0 N–H and O–H groups in total. The van der Waals surface area contributed by atoms with Gasteiger partial charge in [0, 0.05) is 11.4 Å². The summed E-state index contributed by atoms with van der Waals surface area (Å²) in [6, 6.07) is 0. The second-order valence-corrected chi connectivity index (χ2v) is 5.95. The van der Waals surface area contributed by atoms with E-state index in [0.29, 0.717) is 6.10 Å². The highest BCUT2D eigenvalue weighted by Crippen LogP contribution is 2.38. The van der Waals surface area contributed by atoms with Crippen molar-refractivity contribution in [3.05, 3.63) is 0 Å². The first kappa shape index (κ1) is 10.9. The number of hydrogen-bond acceptors (Lipinski definition) is 1. The van der Waals surface area contributed by atoms with Crippen molar-refractivity contribution in [2.45, 2.75) is 62.3 Å². The lowest BCUT2D eigenvalue weighted by molar-refractivity contribution is 0.102. The van der Waals surface area contributed by atoms with E-state index in [-0.39, 0.29) is 0 Å². The number of halogens is 1. The van der Waals surface area contributed by atoms with Crippen molar-refractivity contribution in [3.63, 3.8) is 0 Å². The van der Waals surface area contributed by atoms with Crippen LogP contribution >= 0.6 is 15.9 Å². The van der Waals surface area contributed by atoms with Crippen molar-refractivity contribution in [1.29, 1.82) is 0 Å². The SMILES string of the molecule is BrC(CCCCC1CCCO1)C1CC1. The molecule has 0 bridgehead atoms. The molecule has 2 fully saturated rings. The molecule has 1 aliphatic heterocycles. The molecular formula is C12H21BrO. The molecule has 1 aliphatic carbocycles. The van der Waals surface area contributed by atoms with Gasteiger partial charge in [-0.3, -0.25) is 0 Å². The standard InChI is InChI=1S/C12H21BrO/c13-12(10-7-8-10)6-2-1-4-11-5-3-9-14-11/h10-12H,1-9H2. The van der Waals surface area contributed by atoms with Crippen molar-refractivity contribution in [2.24, 2.45) is 5.92 Å². The van der Waals surface area contributed by atoms with Gasteiger partial charge in [-0.15, -0.1) is 0 Å². The van der Waals surface area contributed by atoms with Crippen molar-refractivity contribution >= 4 is 15.9 Å². The first-order valence-electron chi connectivity index (χ1n) is 6.12. The van der Waals surface area contributed by atoms with Crippen LogP contribution in [0.4, 0.5) is 0 Å². The predicted octanol–water partition coefficient (Wildman–Crippen LogP) is 3.90. The van der Waals surface area contributed by atoms with Gasteiger partial charge in [-0.25, -0.2) is 0 Å². The van der Waals surface area contributed by atoms with Gasteiger partial charge in [0.05, 0.1) is 6.10 Å². The minimum Gasteiger partial charge on any atom is -0.378 e. The van der Waals surface area contributed by atoms with Crippen LogP contribution in [0.25, 0.3) is 0 Å². The normalized spacial score (nSPS) is 29.4. The lowest BCUT2D eigenvalue weighted by atomic mass is 10.1. The van der Waals surface area contributed by atoms with E-state index < -0.39 is 0 Å². The van der Waals surface area contributed by atoms with Gasteiger partial charge in [0.15, 0.2) is 0 Å². The molecule has 2 unspecified atom stereocenters. The molecule has 0 spiro atoms. The summed E-state index contributed by atoms with van der Waals surface area (Å²) in [4.78, 5) is 0.812. The third-order valence-electron chi connectivity index (χ3n) is 3.41. The number of rotatable bonds is 6. The molecule has 0 aromatic rings. The van der Waals surface area contributed by atoms with E-state index in [9.17, 15) is 0 Å². The Labute approximate surface area is 95.7 Å². The number of hydrogen-bond donors (Lipinski definition) is 0. The van der Waals surface area contributed by atoms with E-state index in [0.717, 1.165) is 17.4 Å². The minimum atomic E-state index is 0.602. The summed E-state index contributed by atoms with van der Waals surface area (Å²) < 4.78 is 5.61. The molecular weight excluding hydrogens is 240 g/mol. The Hall–Kier alpha value is 0.440. The average Bonchev–Trinajstić information content (AvgIpc) is 2.92. The molecule has 14 heavy (non-hydrogen) atoms. The summed E-state index contributed by atoms with van der Waals surface area (Å²) in [5.41, 5.74) is 0. The second-order valence-electron chi connectivity index (χ2n) is 4.77. The zero-order chi connectivity index (χ0) is 9.80. The maximum atomic E-state index is 5.61. The molecule has 0 amide bonds. The van der Waals surface area contributed by atoms with Crippen LogP contribution in [0, 0.1) is 5.92 Å². The molecule has 0 aromatic carbocycles. The van der Waals surface area contributed by atoms with Crippen LogP contribution in [0.2, 0.25) is 0 Å². The molecule has 2 heteroatoms. The van der Waals surface area contributed by atoms with Gasteiger partial charge in [0.25, 0.3) is 0 Å². The Bertz CT molecular complexity index is 158. The molecule has 1 saturated carbocycles. The molecule has 2 aliphatic rings. The maximum Gasteiger partial charge on any atom is 0.0576 e. The smallest absolute Gasteiger partial charge is 0.0576 e. The summed E-state index contributed by atoms with van der Waals surface area (Å²) in [5, 5.41) is 0. The van der Waals surface area contributed by atoms with Crippen LogP contribution in [0.1, 0.15) is 51.4 Å². The molecule has 0 aromatic heterocycles. The van der Waals surface area contributed by atoms with Crippen LogP contribution in [0.3, 0.4) is 0 Å². The highest BCUT2D eigenvalue weighted by atomic mass is 79.9. The Morgan fingerprint density at radius 2 is 2.07 bits per heavy atom. The molecule has 82 valence electrons. The van der Waals surface area contributed by atoms with Gasteiger partial charge >= 0.3 is 0 Å². The fourth-order valence-corrected chi connectivity index (χ4v) is 3.13. The first-order chi connectivity index (χ1) is 6.86. The van der Waals surface area contributed by atoms with E-state index >= 15 is 0 Å². The van der Waals surface area contributed by atoms with Crippen molar-refractivity contribution in [2.75, 3.05) is 6.61 Å². The van der Waals surface area contributed by atoms with Crippen LogP contribution in [-0.4, -0.2) is 17.5 Å². The van der Waals surface area contributed by atoms with Gasteiger partial charge < -0.3 is 4.74 Å². The van der Waals surface area contributed by atoms with E-state index in [1.165, 1.54) is 51.4 Å². The Kier molecular flexibility index (Phi) is 4.30. The van der Waals surface area contributed by atoms with Crippen molar-refractivity contribution in [1.82, 2.24) is 0 Å². The van der Waals surface area contributed by atoms with Crippen LogP contribution in [0.5, 0.6) is 0 Å². The fourth-order valence-electron chi connectivity index (χ4n) is 2.28. The molecule has 0 radical (unpaired) electrons. The van der Waals surface area contributed by atoms with E-state index in [2.05, 4.69) is 15.9 Å². The van der Waals surface area contributed by atoms with Gasteiger partial charge in [-0.2, -0.15) is 0 Å². The van der Waals surface area contributed by atoms with Crippen LogP contribution in [-0.2, 0) is 4.74 Å². The summed E-state index contributed by atoms with van der Waals surface area (Å²) in [7, 11) is 0. The zero-order valence-corrected chi connectivity index (χ0v) is 10.5. The van der Waals surface area contributed by atoms with Gasteiger partial charge in [0.2, 0.25) is 0 Å². The lowest BCUT2D eigenvalue weighted by Gasteiger charge is -2.10. The van der Waals surface area contributed by atoms with Gasteiger partial charge in [-0.05, 0) is 44.4 Å². The fraction of sp³-hybridized carbons (Fsp3) is 1.00. The van der Waals surface area contributed by atoms with Gasteiger partial charge in [-0.1, -0.05) is 28.8 Å². The highest BCUT2D eigenvalue weighted by Gasteiger charge is 2.28. The van der Waals surface area contributed by atoms with Gasteiger partial charge in [0.1, 0.15) is 0 Å². The average molecular weight is 261 g/mol. The number of ether oxygens (including phenoxy) is 1. The minimum absolute atomic E-state index is 0.602. The monoisotopic (exact) mass is 260 g/mol. The second kappa shape index (κ2) is 5.50. The highest BCUT2D eigenvalue weighted by molar-refractivity contribution is 9.09. The molecule has 1 heterocycles. The van der Waals surface area contributed by atoms with Crippen molar-refractivity contribution in [3.8, 4) is 0 Å². The topological polar surface area (TPSA) is 9.23 Å². The Morgan fingerprint density at radius 1 is 1.21 bits per heavy atom. The largest absolute Gasteiger partial charge is 0.378 e. The lowest BCUT2D eigenvalue weighted by Crippen LogP contribution is -2.05. The number of alkyl halides is 1. The third kappa shape index (κ3) is 3.54. The third-order valence-corrected chi connectivity index (χ3v) is 4.62. The summed E-state index contributed by atoms with van der Waals surface area (Å²) in [6.45, 7) is 1.01. The predicted molar refractivity (Wildman–Crippen MR) is 62.9 cm³/mol. The Balaban J connectivity index is 1.46. The van der Waals surface area contributed by atoms with E-state index in [1.54, 1.807) is 0 Å². The zero-order valence-electron chi connectivity index (χ0n) is 8.88.